The normalized spacial score (nSPS) is 12.7. The summed E-state index contributed by atoms with van der Waals surface area (Å²) in [6.07, 6.45) is 0. The number of fused-ring (bicyclic) bond motifs is 8. The predicted molar refractivity (Wildman–Crippen MR) is 275 cm³/mol. The SMILES string of the molecule is c1ccc(-c2cc(-c3ccc(-c4cc5ccccc5c5c4-c4ccccc4C5(c4ccccc4)c4ccccc4)cc3)cc(-c3ccc(-n4c5ccccc5c5ccccc54)cc3)n2)cc1. The van der Waals surface area contributed by atoms with Crippen molar-refractivity contribution in [1.82, 2.24) is 9.55 Å². The maximum atomic E-state index is 5.30. The molecular formula is C64H42N2. The molecule has 0 atom stereocenters. The Balaban J connectivity index is 0.955. The first kappa shape index (κ1) is 37.9. The van der Waals surface area contributed by atoms with Gasteiger partial charge in [0.25, 0.3) is 0 Å². The Labute approximate surface area is 384 Å². The van der Waals surface area contributed by atoms with Crippen LogP contribution in [0.25, 0.3) is 94.2 Å². The standard InChI is InChI=1S/C64H42N2/c1-4-18-45(19-5-1)58-41-48(42-59(65-58)46-36-38-51(39-37-46)66-60-30-16-13-26-53(60)54-27-14-17-31-61(54)66)43-32-34-44(35-33-43)56-40-47-20-10-11-25-52(47)63-62(56)55-28-12-15-29-57(55)64(63,49-21-6-2-7-22-49)50-23-8-3-9-24-50/h1-42H. The van der Waals surface area contributed by atoms with Crippen LogP contribution in [-0.2, 0) is 5.41 Å². The predicted octanol–water partition coefficient (Wildman–Crippen LogP) is 16.4. The zero-order chi connectivity index (χ0) is 43.6. The molecule has 2 heterocycles. The van der Waals surface area contributed by atoms with Gasteiger partial charge in [0.2, 0.25) is 0 Å². The second-order valence-electron chi connectivity index (χ2n) is 17.4. The summed E-state index contributed by atoms with van der Waals surface area (Å²) in [6.45, 7) is 0. The van der Waals surface area contributed by atoms with E-state index in [9.17, 15) is 0 Å². The van der Waals surface area contributed by atoms with Gasteiger partial charge < -0.3 is 4.57 Å². The lowest BCUT2D eigenvalue weighted by molar-refractivity contribution is 0.775. The van der Waals surface area contributed by atoms with Crippen LogP contribution in [0.2, 0.25) is 0 Å². The van der Waals surface area contributed by atoms with Crippen molar-refractivity contribution in [1.29, 1.82) is 0 Å². The van der Waals surface area contributed by atoms with Crippen LogP contribution in [-0.4, -0.2) is 9.55 Å². The van der Waals surface area contributed by atoms with Crippen LogP contribution in [0.1, 0.15) is 22.3 Å². The summed E-state index contributed by atoms with van der Waals surface area (Å²) in [5, 5.41) is 5.02. The van der Waals surface area contributed by atoms with E-state index in [1.165, 1.54) is 77.1 Å². The molecule has 0 amide bonds. The second-order valence-corrected chi connectivity index (χ2v) is 17.4. The zero-order valence-electron chi connectivity index (χ0n) is 36.1. The van der Waals surface area contributed by atoms with E-state index in [-0.39, 0.29) is 0 Å². The Morgan fingerprint density at radius 1 is 0.333 bits per heavy atom. The molecule has 1 aliphatic carbocycles. The number of nitrogens with zero attached hydrogens (tertiary/aromatic N) is 2. The molecule has 308 valence electrons. The van der Waals surface area contributed by atoms with Gasteiger partial charge >= 0.3 is 0 Å². The van der Waals surface area contributed by atoms with E-state index in [0.29, 0.717) is 0 Å². The van der Waals surface area contributed by atoms with Crippen LogP contribution >= 0.6 is 0 Å². The summed E-state index contributed by atoms with van der Waals surface area (Å²) in [6, 6.07) is 93.1. The van der Waals surface area contributed by atoms with Crippen molar-refractivity contribution >= 4 is 32.6 Å². The Hall–Kier alpha value is -8.59. The van der Waals surface area contributed by atoms with Crippen molar-refractivity contribution in [3.63, 3.8) is 0 Å². The minimum absolute atomic E-state index is 0.507. The average molecular weight is 839 g/mol. The summed E-state index contributed by atoms with van der Waals surface area (Å²) < 4.78 is 2.36. The fourth-order valence-electron chi connectivity index (χ4n) is 11.0. The maximum Gasteiger partial charge on any atom is 0.0719 e. The molecule has 0 saturated carbocycles. The van der Waals surface area contributed by atoms with Crippen LogP contribution in [0.4, 0.5) is 0 Å². The first-order chi connectivity index (χ1) is 32.7. The van der Waals surface area contributed by atoms with Gasteiger partial charge in [0.05, 0.1) is 27.8 Å². The van der Waals surface area contributed by atoms with Gasteiger partial charge in [-0.05, 0) is 109 Å². The van der Waals surface area contributed by atoms with E-state index in [4.69, 9.17) is 4.98 Å². The van der Waals surface area contributed by atoms with Gasteiger partial charge in [-0.3, -0.25) is 0 Å². The molecule has 66 heavy (non-hydrogen) atoms. The van der Waals surface area contributed by atoms with E-state index >= 15 is 0 Å². The number of para-hydroxylation sites is 2. The molecule has 13 rings (SSSR count). The molecule has 2 heteroatoms. The van der Waals surface area contributed by atoms with Crippen LogP contribution < -0.4 is 0 Å². The Morgan fingerprint density at radius 2 is 0.818 bits per heavy atom. The molecule has 0 spiro atoms. The minimum atomic E-state index is -0.507. The second kappa shape index (κ2) is 15.3. The van der Waals surface area contributed by atoms with Crippen molar-refractivity contribution in [2.45, 2.75) is 5.41 Å². The molecule has 0 unspecified atom stereocenters. The van der Waals surface area contributed by atoms with E-state index < -0.39 is 5.41 Å². The highest BCUT2D eigenvalue weighted by Gasteiger charge is 2.48. The van der Waals surface area contributed by atoms with Gasteiger partial charge in [0.15, 0.2) is 0 Å². The van der Waals surface area contributed by atoms with E-state index in [0.717, 1.165) is 39.3 Å². The molecule has 0 N–H and O–H groups in total. The molecule has 1 aliphatic rings. The third-order valence-electron chi connectivity index (χ3n) is 13.9. The van der Waals surface area contributed by atoms with Gasteiger partial charge in [-0.25, -0.2) is 4.98 Å². The van der Waals surface area contributed by atoms with E-state index in [1.807, 2.05) is 0 Å². The lowest BCUT2D eigenvalue weighted by Gasteiger charge is -2.35. The van der Waals surface area contributed by atoms with Crippen molar-refractivity contribution in [3.8, 4) is 61.6 Å². The summed E-state index contributed by atoms with van der Waals surface area (Å²) in [5.41, 5.74) is 19.5. The molecule has 0 aliphatic heterocycles. The number of aromatic nitrogens is 2. The first-order valence-electron chi connectivity index (χ1n) is 22.8. The molecule has 2 aromatic heterocycles. The van der Waals surface area contributed by atoms with Crippen molar-refractivity contribution in [3.05, 3.63) is 277 Å². The Kier molecular flexibility index (Phi) is 8.79. The number of rotatable bonds is 7. The Morgan fingerprint density at radius 3 is 1.45 bits per heavy atom. The number of benzene rings is 10. The number of hydrogen-bond acceptors (Lipinski definition) is 1. The van der Waals surface area contributed by atoms with Gasteiger partial charge in [-0.15, -0.1) is 0 Å². The van der Waals surface area contributed by atoms with Crippen LogP contribution in [0, 0.1) is 0 Å². The van der Waals surface area contributed by atoms with Crippen molar-refractivity contribution < 1.29 is 0 Å². The quantitative estimate of drug-likeness (QED) is 0.156. The first-order valence-corrected chi connectivity index (χ1v) is 22.8. The highest BCUT2D eigenvalue weighted by Crippen LogP contribution is 2.60. The summed E-state index contributed by atoms with van der Waals surface area (Å²) >= 11 is 0. The van der Waals surface area contributed by atoms with Gasteiger partial charge in [0.1, 0.15) is 0 Å². The highest BCUT2D eigenvalue weighted by atomic mass is 15.0. The molecule has 2 nitrogen and oxygen atoms in total. The van der Waals surface area contributed by atoms with Crippen LogP contribution in [0.15, 0.2) is 255 Å². The molecule has 0 bridgehead atoms. The highest BCUT2D eigenvalue weighted by molar-refractivity contribution is 6.09. The van der Waals surface area contributed by atoms with E-state index in [1.54, 1.807) is 0 Å². The maximum absolute atomic E-state index is 5.30. The fraction of sp³-hybridized carbons (Fsp3) is 0.0156. The van der Waals surface area contributed by atoms with Gasteiger partial charge in [-0.1, -0.05) is 212 Å². The van der Waals surface area contributed by atoms with Crippen molar-refractivity contribution in [2.75, 3.05) is 0 Å². The molecule has 0 fully saturated rings. The topological polar surface area (TPSA) is 17.8 Å². The monoisotopic (exact) mass is 838 g/mol. The molecule has 10 aromatic carbocycles. The lowest BCUT2D eigenvalue weighted by atomic mass is 9.66. The molecular weight excluding hydrogens is 797 g/mol. The number of pyridine rings is 1. The van der Waals surface area contributed by atoms with E-state index in [2.05, 4.69) is 259 Å². The largest absolute Gasteiger partial charge is 0.309 e. The zero-order valence-corrected chi connectivity index (χ0v) is 36.1. The van der Waals surface area contributed by atoms with Gasteiger partial charge in [-0.2, -0.15) is 0 Å². The molecule has 0 saturated heterocycles. The fourth-order valence-corrected chi connectivity index (χ4v) is 11.0. The minimum Gasteiger partial charge on any atom is -0.309 e. The van der Waals surface area contributed by atoms with Crippen molar-refractivity contribution in [2.24, 2.45) is 0 Å². The Bertz CT molecular complexity index is 3680. The molecule has 12 aromatic rings. The smallest absolute Gasteiger partial charge is 0.0719 e. The van der Waals surface area contributed by atoms with Crippen LogP contribution in [0.5, 0.6) is 0 Å². The lowest BCUT2D eigenvalue weighted by Crippen LogP contribution is -2.28. The summed E-state index contributed by atoms with van der Waals surface area (Å²) in [4.78, 5) is 5.30. The summed E-state index contributed by atoms with van der Waals surface area (Å²) in [7, 11) is 0. The number of hydrogen-bond donors (Lipinski definition) is 0. The van der Waals surface area contributed by atoms with Crippen LogP contribution in [0.3, 0.4) is 0 Å². The third-order valence-corrected chi connectivity index (χ3v) is 13.9. The average Bonchev–Trinajstić information content (AvgIpc) is 3.91. The molecule has 0 radical (unpaired) electrons. The van der Waals surface area contributed by atoms with Gasteiger partial charge in [0, 0.05) is 27.6 Å². The third kappa shape index (κ3) is 5.85. The summed E-state index contributed by atoms with van der Waals surface area (Å²) in [5.74, 6) is 0.